The third-order valence-corrected chi connectivity index (χ3v) is 11.8. The van der Waals surface area contributed by atoms with E-state index in [0.717, 1.165) is 5.56 Å². The third-order valence-electron chi connectivity index (χ3n) is 7.38. The van der Waals surface area contributed by atoms with Crippen LogP contribution in [-0.4, -0.2) is 45.7 Å². The average molecular weight is 523 g/mol. The Labute approximate surface area is 220 Å². The number of hydrogen-bond donors (Lipinski definition) is 0. The second-order valence-electron chi connectivity index (χ2n) is 11.8. The molecule has 0 saturated carbocycles. The van der Waals surface area contributed by atoms with Gasteiger partial charge in [0.15, 0.2) is 8.32 Å². The molecule has 0 bridgehead atoms. The van der Waals surface area contributed by atoms with E-state index in [0.29, 0.717) is 19.8 Å². The molecule has 0 radical (unpaired) electrons. The van der Waals surface area contributed by atoms with E-state index in [1.165, 1.54) is 0 Å². The van der Waals surface area contributed by atoms with Crippen molar-refractivity contribution in [2.24, 2.45) is 17.3 Å². The van der Waals surface area contributed by atoms with Gasteiger partial charge in [0.05, 0.1) is 43.9 Å². The Morgan fingerprint density at radius 1 is 0.917 bits per heavy atom. The molecule has 0 aromatic heterocycles. The summed E-state index contributed by atoms with van der Waals surface area (Å²) in [5.74, 6) is -0.893. The molecule has 0 spiro atoms. The molecule has 4 atom stereocenters. The number of esters is 2. The average Bonchev–Trinajstić information content (AvgIpc) is 2.77. The Hall–Kier alpha value is -1.70. The summed E-state index contributed by atoms with van der Waals surface area (Å²) in [4.78, 5) is 25.6. The van der Waals surface area contributed by atoms with Gasteiger partial charge in [0.25, 0.3) is 0 Å². The number of carbonyl (C=O) groups is 2. The van der Waals surface area contributed by atoms with Crippen molar-refractivity contribution in [2.45, 2.75) is 106 Å². The van der Waals surface area contributed by atoms with E-state index in [-0.39, 0.29) is 41.3 Å². The number of benzene rings is 1. The van der Waals surface area contributed by atoms with Crippen LogP contribution in [0.1, 0.15) is 74.3 Å². The van der Waals surface area contributed by atoms with E-state index in [1.807, 2.05) is 58.0 Å². The van der Waals surface area contributed by atoms with Crippen LogP contribution in [0.25, 0.3) is 0 Å². The van der Waals surface area contributed by atoms with E-state index in [1.54, 1.807) is 6.92 Å². The Morgan fingerprint density at radius 2 is 1.47 bits per heavy atom. The lowest BCUT2D eigenvalue weighted by Gasteiger charge is -2.47. The quantitative estimate of drug-likeness (QED) is 0.198. The van der Waals surface area contributed by atoms with Crippen LogP contribution in [0.4, 0.5) is 0 Å². The van der Waals surface area contributed by atoms with Gasteiger partial charge in [-0.1, -0.05) is 65.0 Å². The summed E-state index contributed by atoms with van der Waals surface area (Å²) in [5, 5.41) is -0.0490. The van der Waals surface area contributed by atoms with Crippen LogP contribution in [0.15, 0.2) is 30.3 Å². The fraction of sp³-hybridized carbons (Fsp3) is 0.724. The molecule has 0 fully saturated rings. The largest absolute Gasteiger partial charge is 0.466 e. The third kappa shape index (κ3) is 9.00. The lowest BCUT2D eigenvalue weighted by Crippen LogP contribution is -2.55. The standard InChI is InChI=1S/C29H50O6Si/c1-12-32-24(30)19-21(3)25(34-20-23-17-15-14-16-18-23)22(4)26(29(8,9)27(31)33-13-2)35-36(10,11)28(5,6)7/h14-18,21-22,25-26H,12-13,19-20H2,1-11H3/t21-,22+,25-,26+/m0/s1. The summed E-state index contributed by atoms with van der Waals surface area (Å²) in [6, 6.07) is 9.96. The number of ether oxygens (including phenoxy) is 3. The summed E-state index contributed by atoms with van der Waals surface area (Å²) >= 11 is 0. The van der Waals surface area contributed by atoms with Crippen molar-refractivity contribution in [1.29, 1.82) is 0 Å². The van der Waals surface area contributed by atoms with Crippen molar-refractivity contribution < 1.29 is 28.2 Å². The van der Waals surface area contributed by atoms with Crippen LogP contribution < -0.4 is 0 Å². The van der Waals surface area contributed by atoms with Crippen LogP contribution in [-0.2, 0) is 34.8 Å². The summed E-state index contributed by atoms with van der Waals surface area (Å²) < 4.78 is 24.2. The molecule has 36 heavy (non-hydrogen) atoms. The molecule has 0 aliphatic heterocycles. The molecule has 6 nitrogen and oxygen atoms in total. The molecular formula is C29H50O6Si. The highest BCUT2D eigenvalue weighted by atomic mass is 28.4. The second kappa shape index (κ2) is 13.7. The van der Waals surface area contributed by atoms with Crippen LogP contribution in [0.2, 0.25) is 18.1 Å². The highest BCUT2D eigenvalue weighted by molar-refractivity contribution is 6.74. The predicted octanol–water partition coefficient (Wildman–Crippen LogP) is 6.78. The fourth-order valence-corrected chi connectivity index (χ4v) is 5.71. The maximum absolute atomic E-state index is 13.2. The number of hydrogen-bond acceptors (Lipinski definition) is 6. The molecule has 0 unspecified atom stereocenters. The van der Waals surface area contributed by atoms with Gasteiger partial charge in [-0.15, -0.1) is 0 Å². The first kappa shape index (κ1) is 32.3. The lowest BCUT2D eigenvalue weighted by molar-refractivity contribution is -0.166. The molecular weight excluding hydrogens is 472 g/mol. The molecule has 206 valence electrons. The van der Waals surface area contributed by atoms with Crippen LogP contribution >= 0.6 is 0 Å². The molecule has 1 aromatic rings. The minimum Gasteiger partial charge on any atom is -0.466 e. The molecule has 7 heteroatoms. The van der Waals surface area contributed by atoms with Crippen molar-refractivity contribution in [1.82, 2.24) is 0 Å². The van der Waals surface area contributed by atoms with E-state index in [9.17, 15) is 9.59 Å². The monoisotopic (exact) mass is 522 g/mol. The van der Waals surface area contributed by atoms with Gasteiger partial charge in [-0.3, -0.25) is 9.59 Å². The topological polar surface area (TPSA) is 71.1 Å². The number of carbonyl (C=O) groups excluding carboxylic acids is 2. The zero-order valence-electron chi connectivity index (χ0n) is 24.5. The molecule has 0 aliphatic rings. The van der Waals surface area contributed by atoms with Crippen molar-refractivity contribution in [2.75, 3.05) is 13.2 Å². The van der Waals surface area contributed by atoms with Gasteiger partial charge in [0, 0.05) is 5.92 Å². The normalized spacial score (nSPS) is 16.1. The Morgan fingerprint density at radius 3 is 1.97 bits per heavy atom. The fourth-order valence-electron chi connectivity index (χ4n) is 4.21. The van der Waals surface area contributed by atoms with E-state index >= 15 is 0 Å². The summed E-state index contributed by atoms with van der Waals surface area (Å²) in [7, 11) is -2.28. The Kier molecular flexibility index (Phi) is 12.3. The van der Waals surface area contributed by atoms with Gasteiger partial charge in [-0.05, 0) is 57.3 Å². The SMILES string of the molecule is CCOC(=O)C[C@H](C)[C@H](OCc1ccccc1)[C@@H](C)[C@@H](O[Si](C)(C)C(C)(C)C)C(C)(C)C(=O)OCC. The minimum atomic E-state index is -2.28. The molecule has 1 rings (SSSR count). The van der Waals surface area contributed by atoms with E-state index in [4.69, 9.17) is 18.6 Å². The Balaban J connectivity index is 3.44. The Bertz CT molecular complexity index is 815. The first-order chi connectivity index (χ1) is 16.6. The van der Waals surface area contributed by atoms with Gasteiger partial charge < -0.3 is 18.6 Å². The van der Waals surface area contributed by atoms with Gasteiger partial charge in [-0.2, -0.15) is 0 Å². The predicted molar refractivity (Wildman–Crippen MR) is 147 cm³/mol. The van der Waals surface area contributed by atoms with Gasteiger partial charge >= 0.3 is 11.9 Å². The van der Waals surface area contributed by atoms with Crippen molar-refractivity contribution in [3.8, 4) is 0 Å². The smallest absolute Gasteiger partial charge is 0.314 e. The van der Waals surface area contributed by atoms with E-state index < -0.39 is 19.8 Å². The maximum atomic E-state index is 13.2. The molecule has 0 amide bonds. The first-order valence-corrected chi connectivity index (χ1v) is 16.1. The van der Waals surface area contributed by atoms with Crippen LogP contribution in [0, 0.1) is 17.3 Å². The minimum absolute atomic E-state index is 0.0490. The van der Waals surface area contributed by atoms with Crippen LogP contribution in [0.5, 0.6) is 0 Å². The summed E-state index contributed by atoms with van der Waals surface area (Å²) in [6.07, 6.45) is -0.592. The van der Waals surface area contributed by atoms with Crippen molar-refractivity contribution in [3.05, 3.63) is 35.9 Å². The van der Waals surface area contributed by atoms with Crippen molar-refractivity contribution in [3.63, 3.8) is 0 Å². The molecule has 1 aromatic carbocycles. The first-order valence-electron chi connectivity index (χ1n) is 13.2. The summed E-state index contributed by atoms with van der Waals surface area (Å²) in [6.45, 7) is 23.4. The van der Waals surface area contributed by atoms with Gasteiger partial charge in [0.2, 0.25) is 0 Å². The second-order valence-corrected chi connectivity index (χ2v) is 16.6. The van der Waals surface area contributed by atoms with Crippen molar-refractivity contribution >= 4 is 20.3 Å². The maximum Gasteiger partial charge on any atom is 0.314 e. The highest BCUT2D eigenvalue weighted by Crippen LogP contribution is 2.43. The highest BCUT2D eigenvalue weighted by Gasteiger charge is 2.50. The molecule has 0 heterocycles. The number of rotatable bonds is 14. The zero-order valence-corrected chi connectivity index (χ0v) is 25.5. The lowest BCUT2D eigenvalue weighted by atomic mass is 9.75. The van der Waals surface area contributed by atoms with Gasteiger partial charge in [0.1, 0.15) is 0 Å². The molecule has 0 N–H and O–H groups in total. The molecule has 0 saturated heterocycles. The van der Waals surface area contributed by atoms with Crippen LogP contribution in [0.3, 0.4) is 0 Å². The summed E-state index contributed by atoms with van der Waals surface area (Å²) in [5.41, 5.74) is 0.132. The molecule has 0 aliphatic carbocycles. The zero-order chi connectivity index (χ0) is 27.7. The van der Waals surface area contributed by atoms with Gasteiger partial charge in [-0.25, -0.2) is 0 Å². The van der Waals surface area contributed by atoms with E-state index in [2.05, 4.69) is 40.8 Å².